The van der Waals surface area contributed by atoms with Crippen molar-refractivity contribution in [1.29, 1.82) is 0 Å². The van der Waals surface area contributed by atoms with Crippen molar-refractivity contribution >= 4 is 62.2 Å². The van der Waals surface area contributed by atoms with Crippen molar-refractivity contribution in [3.05, 3.63) is 68.8 Å². The average Bonchev–Trinajstić information content (AvgIpc) is 2.89. The first kappa shape index (κ1) is 20.5. The minimum atomic E-state index is -1.14. The van der Waals surface area contributed by atoms with E-state index in [0.717, 1.165) is 21.1 Å². The molecular formula is C19H13BrFNO4S2. The number of hydrogen-bond acceptors (Lipinski definition) is 5. The Balaban J connectivity index is 1.86. The molecule has 5 nitrogen and oxygen atoms in total. The molecule has 0 spiro atoms. The second kappa shape index (κ2) is 8.85. The zero-order valence-corrected chi connectivity index (χ0v) is 17.4. The second-order valence-corrected chi connectivity index (χ2v) is 8.32. The van der Waals surface area contributed by atoms with Gasteiger partial charge >= 0.3 is 5.97 Å². The number of carboxylic acids is 1. The van der Waals surface area contributed by atoms with Crippen molar-refractivity contribution in [2.24, 2.45) is 0 Å². The maximum atomic E-state index is 13.8. The molecule has 0 radical (unpaired) electrons. The maximum absolute atomic E-state index is 13.8. The smallest absolute Gasteiger partial charge is 0.323 e. The summed E-state index contributed by atoms with van der Waals surface area (Å²) in [4.78, 5) is 24.7. The Morgan fingerprint density at radius 2 is 2.07 bits per heavy atom. The molecule has 2 aromatic rings. The van der Waals surface area contributed by atoms with E-state index in [1.807, 2.05) is 0 Å². The van der Waals surface area contributed by atoms with Gasteiger partial charge in [-0.2, -0.15) is 0 Å². The standard InChI is InChI=1S/C19H13BrFNO4S2/c20-13-5-6-15(26-10-11-3-1-2-4-14(11)21)12(7-13)8-16-18(25)22(9-17(23)24)19(27)28-16/h1-8H,9-10H2,(H,23,24)/b16-8-. The predicted molar refractivity (Wildman–Crippen MR) is 112 cm³/mol. The molecule has 1 heterocycles. The Kier molecular flexibility index (Phi) is 6.48. The zero-order chi connectivity index (χ0) is 20.3. The monoisotopic (exact) mass is 481 g/mol. The largest absolute Gasteiger partial charge is 0.488 e. The summed E-state index contributed by atoms with van der Waals surface area (Å²) in [6, 6.07) is 11.5. The van der Waals surface area contributed by atoms with Crippen LogP contribution in [0, 0.1) is 5.82 Å². The van der Waals surface area contributed by atoms with Gasteiger partial charge in [0.2, 0.25) is 0 Å². The Labute approximate surface area is 178 Å². The van der Waals surface area contributed by atoms with E-state index in [0.29, 0.717) is 21.8 Å². The third kappa shape index (κ3) is 4.78. The molecule has 0 aliphatic carbocycles. The number of carbonyl (C=O) groups is 2. The number of thiocarbonyl (C=S) groups is 1. The van der Waals surface area contributed by atoms with Crippen molar-refractivity contribution in [2.75, 3.05) is 6.54 Å². The van der Waals surface area contributed by atoms with Gasteiger partial charge in [-0.1, -0.05) is 58.1 Å². The lowest BCUT2D eigenvalue weighted by molar-refractivity contribution is -0.140. The number of benzene rings is 2. The van der Waals surface area contributed by atoms with Gasteiger partial charge in [0.05, 0.1) is 4.91 Å². The van der Waals surface area contributed by atoms with E-state index in [1.165, 1.54) is 6.07 Å². The number of ether oxygens (including phenoxy) is 1. The molecule has 0 saturated carbocycles. The molecule has 144 valence electrons. The normalized spacial score (nSPS) is 15.4. The van der Waals surface area contributed by atoms with Crippen LogP contribution >= 0.6 is 39.9 Å². The topological polar surface area (TPSA) is 66.8 Å². The molecule has 1 amide bonds. The molecule has 1 N–H and O–H groups in total. The summed E-state index contributed by atoms with van der Waals surface area (Å²) in [6.45, 7) is -0.466. The van der Waals surface area contributed by atoms with Crippen LogP contribution in [0.4, 0.5) is 4.39 Å². The van der Waals surface area contributed by atoms with Crippen LogP contribution in [-0.4, -0.2) is 32.7 Å². The van der Waals surface area contributed by atoms with Crippen molar-refractivity contribution in [3.8, 4) is 5.75 Å². The van der Waals surface area contributed by atoms with Crippen molar-refractivity contribution in [1.82, 2.24) is 4.90 Å². The van der Waals surface area contributed by atoms with Crippen molar-refractivity contribution in [2.45, 2.75) is 6.61 Å². The van der Waals surface area contributed by atoms with E-state index in [1.54, 1.807) is 42.5 Å². The van der Waals surface area contributed by atoms with E-state index in [4.69, 9.17) is 22.1 Å². The molecule has 9 heteroatoms. The van der Waals surface area contributed by atoms with Crippen LogP contribution in [-0.2, 0) is 16.2 Å². The highest BCUT2D eigenvalue weighted by molar-refractivity contribution is 9.10. The first-order chi connectivity index (χ1) is 13.3. The van der Waals surface area contributed by atoms with E-state index >= 15 is 0 Å². The van der Waals surface area contributed by atoms with E-state index in [-0.39, 0.29) is 16.7 Å². The molecule has 0 aromatic heterocycles. The molecule has 1 aliphatic heterocycles. The summed E-state index contributed by atoms with van der Waals surface area (Å²) in [5.41, 5.74) is 0.991. The van der Waals surface area contributed by atoms with Crippen LogP contribution in [0.5, 0.6) is 5.75 Å². The first-order valence-electron chi connectivity index (χ1n) is 7.98. The highest BCUT2D eigenvalue weighted by Gasteiger charge is 2.33. The van der Waals surface area contributed by atoms with Crippen LogP contribution in [0.1, 0.15) is 11.1 Å². The molecule has 2 aromatic carbocycles. The van der Waals surface area contributed by atoms with Crippen molar-refractivity contribution in [3.63, 3.8) is 0 Å². The summed E-state index contributed by atoms with van der Waals surface area (Å²) < 4.78 is 20.5. The Morgan fingerprint density at radius 1 is 1.32 bits per heavy atom. The van der Waals surface area contributed by atoms with Gasteiger partial charge < -0.3 is 9.84 Å². The third-order valence-corrected chi connectivity index (χ3v) is 5.64. The lowest BCUT2D eigenvalue weighted by Gasteiger charge is -2.11. The summed E-state index contributed by atoms with van der Waals surface area (Å²) in [5.74, 6) is -1.53. The molecular weight excluding hydrogens is 469 g/mol. The Hall–Kier alpha value is -2.23. The number of carboxylic acid groups (broad SMARTS) is 1. The van der Waals surface area contributed by atoms with Crippen LogP contribution in [0.25, 0.3) is 6.08 Å². The van der Waals surface area contributed by atoms with Gasteiger partial charge in [-0.3, -0.25) is 14.5 Å². The maximum Gasteiger partial charge on any atom is 0.323 e. The molecule has 3 rings (SSSR count). The molecule has 0 bridgehead atoms. The minimum Gasteiger partial charge on any atom is -0.488 e. The highest BCUT2D eigenvalue weighted by Crippen LogP contribution is 2.35. The highest BCUT2D eigenvalue weighted by atomic mass is 79.9. The number of aliphatic carboxylic acids is 1. The SMILES string of the molecule is O=C(O)CN1C(=O)/C(=C/c2cc(Br)ccc2OCc2ccccc2F)SC1=S. The van der Waals surface area contributed by atoms with Gasteiger partial charge in [0.25, 0.3) is 5.91 Å². The Bertz CT molecular complexity index is 996. The minimum absolute atomic E-state index is 0.0229. The fourth-order valence-electron chi connectivity index (χ4n) is 2.45. The summed E-state index contributed by atoms with van der Waals surface area (Å²) in [6.07, 6.45) is 1.59. The van der Waals surface area contributed by atoms with Crippen LogP contribution < -0.4 is 4.74 Å². The van der Waals surface area contributed by atoms with Gasteiger partial charge in [-0.25, -0.2) is 4.39 Å². The van der Waals surface area contributed by atoms with Crippen molar-refractivity contribution < 1.29 is 23.8 Å². The van der Waals surface area contributed by atoms with Gasteiger partial charge in [0.15, 0.2) is 0 Å². The van der Waals surface area contributed by atoms with Crippen LogP contribution in [0.2, 0.25) is 0 Å². The summed E-state index contributed by atoms with van der Waals surface area (Å²) >= 11 is 9.50. The number of halogens is 2. The number of hydrogen-bond donors (Lipinski definition) is 1. The number of carbonyl (C=O) groups excluding carboxylic acids is 1. The first-order valence-corrected chi connectivity index (χ1v) is 10.00. The lowest BCUT2D eigenvalue weighted by atomic mass is 10.1. The van der Waals surface area contributed by atoms with Gasteiger partial charge in [0.1, 0.15) is 29.0 Å². The van der Waals surface area contributed by atoms with E-state index < -0.39 is 18.4 Å². The second-order valence-electron chi connectivity index (χ2n) is 5.72. The van der Waals surface area contributed by atoms with E-state index in [2.05, 4.69) is 15.9 Å². The summed E-state index contributed by atoms with van der Waals surface area (Å²) in [5, 5.41) is 8.93. The zero-order valence-electron chi connectivity index (χ0n) is 14.2. The number of amides is 1. The molecule has 1 fully saturated rings. The van der Waals surface area contributed by atoms with Crippen LogP contribution in [0.3, 0.4) is 0 Å². The van der Waals surface area contributed by atoms with Gasteiger partial charge in [-0.15, -0.1) is 0 Å². The predicted octanol–water partition coefficient (Wildman–Crippen LogP) is 4.45. The fourth-order valence-corrected chi connectivity index (χ4v) is 4.07. The molecule has 0 atom stereocenters. The summed E-state index contributed by atoms with van der Waals surface area (Å²) in [7, 11) is 0. The Morgan fingerprint density at radius 3 is 2.79 bits per heavy atom. The molecule has 1 aliphatic rings. The van der Waals surface area contributed by atoms with Gasteiger partial charge in [0, 0.05) is 15.6 Å². The molecule has 0 unspecified atom stereocenters. The van der Waals surface area contributed by atoms with Crippen LogP contribution in [0.15, 0.2) is 51.8 Å². The fraction of sp³-hybridized carbons (Fsp3) is 0.105. The molecule has 1 saturated heterocycles. The van der Waals surface area contributed by atoms with Gasteiger partial charge in [-0.05, 0) is 30.3 Å². The lowest BCUT2D eigenvalue weighted by Crippen LogP contribution is -2.33. The molecule has 28 heavy (non-hydrogen) atoms. The number of thioether (sulfide) groups is 1. The number of rotatable bonds is 6. The third-order valence-electron chi connectivity index (χ3n) is 3.77. The number of nitrogens with zero attached hydrogens (tertiary/aromatic N) is 1. The quantitative estimate of drug-likeness (QED) is 0.485. The van der Waals surface area contributed by atoms with E-state index in [9.17, 15) is 14.0 Å². The average molecular weight is 482 g/mol.